The van der Waals surface area contributed by atoms with Crippen molar-refractivity contribution in [2.75, 3.05) is 0 Å². The second-order valence-electron chi connectivity index (χ2n) is 13.7. The van der Waals surface area contributed by atoms with Crippen molar-refractivity contribution in [1.82, 2.24) is 0 Å². The van der Waals surface area contributed by atoms with E-state index < -0.39 is 22.6 Å². The minimum absolute atomic E-state index is 0.0283. The average Bonchev–Trinajstić information content (AvgIpc) is 3.27. The topological polar surface area (TPSA) is 55.8 Å². The van der Waals surface area contributed by atoms with Crippen LogP contribution in [-0.2, 0) is 13.6 Å². The maximum absolute atomic E-state index is 10.8. The summed E-state index contributed by atoms with van der Waals surface area (Å²) >= 11 is 0. The first-order valence-corrected chi connectivity index (χ1v) is 21.8. The van der Waals surface area contributed by atoms with Crippen molar-refractivity contribution >= 4 is 22.6 Å². The zero-order valence-corrected chi connectivity index (χ0v) is 29.9. The van der Waals surface area contributed by atoms with E-state index in [1.165, 1.54) is 43.8 Å². The summed E-state index contributed by atoms with van der Waals surface area (Å²) in [6, 6.07) is 3.52. The zero-order chi connectivity index (χ0) is 30.4. The Labute approximate surface area is 250 Å². The van der Waals surface area contributed by atoms with Crippen LogP contribution in [0.15, 0.2) is 29.5 Å². The second kappa shape index (κ2) is 17.9. The van der Waals surface area contributed by atoms with Crippen LogP contribution in [0, 0.1) is 11.8 Å². The van der Waals surface area contributed by atoms with Gasteiger partial charge in [0.05, 0.1) is 12.5 Å². The molecule has 0 aromatic rings. The van der Waals surface area contributed by atoms with Crippen LogP contribution < -0.4 is 0 Å². The Morgan fingerprint density at radius 2 is 1.75 bits per heavy atom. The second-order valence-corrected chi connectivity index (χ2v) is 23.2. The molecule has 232 valence electrons. The van der Waals surface area contributed by atoms with Crippen LogP contribution in [0.2, 0.25) is 36.3 Å². The summed E-state index contributed by atoms with van der Waals surface area (Å²) in [7, 11) is -3.58. The number of hydrogen-bond donors (Lipinski definition) is 1. The molecular weight excluding hydrogens is 529 g/mol. The van der Waals surface area contributed by atoms with Gasteiger partial charge in [-0.2, -0.15) is 0 Å². The lowest BCUT2D eigenvalue weighted by molar-refractivity contribution is -0.136. The monoisotopic (exact) mass is 592 g/mol. The van der Waals surface area contributed by atoms with E-state index in [9.17, 15) is 4.79 Å². The van der Waals surface area contributed by atoms with Crippen LogP contribution in [0.5, 0.6) is 0 Å². The van der Waals surface area contributed by atoms with E-state index in [0.29, 0.717) is 17.9 Å². The normalized spacial score (nSPS) is 19.6. The van der Waals surface area contributed by atoms with E-state index in [2.05, 4.69) is 80.3 Å². The molecule has 40 heavy (non-hydrogen) atoms. The lowest BCUT2D eigenvalue weighted by Crippen LogP contribution is -2.45. The molecule has 0 spiro atoms. The molecule has 0 radical (unpaired) electrons. The molecule has 0 fully saturated rings. The fourth-order valence-electron chi connectivity index (χ4n) is 5.73. The predicted molar refractivity (Wildman–Crippen MR) is 177 cm³/mol. The first-order valence-electron chi connectivity index (χ1n) is 16.4. The fourth-order valence-corrected chi connectivity index (χ4v) is 10.1. The molecule has 0 saturated heterocycles. The highest BCUT2D eigenvalue weighted by Gasteiger charge is 2.41. The predicted octanol–water partition coefficient (Wildman–Crippen LogP) is 10.7. The van der Waals surface area contributed by atoms with Gasteiger partial charge in [0.25, 0.3) is 0 Å². The molecule has 1 aliphatic carbocycles. The van der Waals surface area contributed by atoms with Crippen LogP contribution in [0.3, 0.4) is 0 Å². The molecule has 4 nitrogen and oxygen atoms in total. The number of hydrogen-bond acceptors (Lipinski definition) is 3. The molecule has 1 unspecified atom stereocenters. The highest BCUT2D eigenvalue weighted by molar-refractivity contribution is 6.74. The number of carbonyl (C=O) groups is 1. The highest BCUT2D eigenvalue weighted by atomic mass is 28.4. The summed E-state index contributed by atoms with van der Waals surface area (Å²) in [5, 5.41) is 9.10. The van der Waals surface area contributed by atoms with Crippen LogP contribution in [-0.4, -0.2) is 39.9 Å². The average molecular weight is 593 g/mol. The molecule has 1 rings (SSSR count). The molecule has 0 amide bonds. The molecule has 0 aromatic heterocycles. The van der Waals surface area contributed by atoms with Crippen molar-refractivity contribution in [2.45, 2.75) is 168 Å². The zero-order valence-electron chi connectivity index (χ0n) is 27.9. The molecule has 6 heteroatoms. The molecule has 0 heterocycles. The Morgan fingerprint density at radius 3 is 2.30 bits per heavy atom. The Kier molecular flexibility index (Phi) is 16.6. The number of carboxylic acids is 1. The van der Waals surface area contributed by atoms with E-state index >= 15 is 0 Å². The van der Waals surface area contributed by atoms with E-state index in [4.69, 9.17) is 14.0 Å². The molecule has 1 aliphatic rings. The third kappa shape index (κ3) is 12.1. The van der Waals surface area contributed by atoms with Crippen LogP contribution in [0.25, 0.3) is 0 Å². The third-order valence-corrected chi connectivity index (χ3v) is 19.0. The SMILES string of the molecule is CCCCCC(C)[C@H](CCC1=CC[C@H](O[Si](CC)(CC)CC)[C@@H]1CCC=C=CCC(=O)O)O[Si](C)(C)C(C)(C)C. The summed E-state index contributed by atoms with van der Waals surface area (Å²) in [4.78, 5) is 10.8. The van der Waals surface area contributed by atoms with Gasteiger partial charge in [0, 0.05) is 12.0 Å². The van der Waals surface area contributed by atoms with Gasteiger partial charge in [-0.1, -0.05) is 86.3 Å². The first kappa shape index (κ1) is 37.1. The van der Waals surface area contributed by atoms with Gasteiger partial charge in [-0.15, -0.1) is 5.73 Å². The summed E-state index contributed by atoms with van der Waals surface area (Å²) < 4.78 is 14.2. The molecule has 1 N–H and O–H groups in total. The van der Waals surface area contributed by atoms with Gasteiger partial charge in [0.2, 0.25) is 0 Å². The summed E-state index contributed by atoms with van der Waals surface area (Å²) in [5.41, 5.74) is 4.64. The van der Waals surface area contributed by atoms with Gasteiger partial charge < -0.3 is 14.0 Å². The summed E-state index contributed by atoms with van der Waals surface area (Å²) in [6.07, 6.45) is 16.9. The molecule has 0 bridgehead atoms. The van der Waals surface area contributed by atoms with Crippen LogP contribution in [0.4, 0.5) is 0 Å². The van der Waals surface area contributed by atoms with E-state index in [-0.39, 0.29) is 17.6 Å². The fraction of sp³-hybridized carbons (Fsp3) is 0.824. The maximum atomic E-state index is 10.8. The van der Waals surface area contributed by atoms with Gasteiger partial charge in [-0.05, 0) is 92.9 Å². The van der Waals surface area contributed by atoms with Gasteiger partial charge >= 0.3 is 5.97 Å². The molecule has 0 saturated carbocycles. The number of unbranched alkanes of at least 4 members (excludes halogenated alkanes) is 2. The highest BCUT2D eigenvalue weighted by Crippen LogP contribution is 2.42. The van der Waals surface area contributed by atoms with Crippen molar-refractivity contribution in [2.24, 2.45) is 11.8 Å². The number of aliphatic carboxylic acids is 1. The first-order chi connectivity index (χ1) is 18.8. The molecule has 0 aliphatic heterocycles. The van der Waals surface area contributed by atoms with Crippen LogP contribution >= 0.6 is 0 Å². The Hall–Kier alpha value is -0.916. The van der Waals surface area contributed by atoms with Gasteiger partial charge in [-0.25, -0.2) is 0 Å². The minimum Gasteiger partial charge on any atom is -0.481 e. The lowest BCUT2D eigenvalue weighted by Gasteiger charge is -2.41. The van der Waals surface area contributed by atoms with E-state index in [1.54, 1.807) is 11.6 Å². The standard InChI is InChI=1S/C34H64O4Si2/c1-11-15-18-21-28(5)31(37-39(9,10)34(6,7)8)26-24-29-25-27-32(38-40(12-2,13-3)14-4)30(29)22-19-16-17-20-23-33(35)36/h16,20,25,28,30-32H,11-15,18-19,21-24,26-27H2,1-10H3,(H,35,36)/t17?,28?,30-,31+,32+/m1/s1. The third-order valence-electron chi connectivity index (χ3n) is 9.87. The van der Waals surface area contributed by atoms with E-state index in [0.717, 1.165) is 32.1 Å². The van der Waals surface area contributed by atoms with Crippen molar-refractivity contribution < 1.29 is 18.8 Å². The minimum atomic E-state index is -1.87. The molecular formula is C34H64O4Si2. The van der Waals surface area contributed by atoms with Gasteiger partial charge in [0.15, 0.2) is 16.6 Å². The Morgan fingerprint density at radius 1 is 1.10 bits per heavy atom. The smallest absolute Gasteiger partial charge is 0.307 e. The quantitative estimate of drug-likeness (QED) is 0.0661. The number of carboxylic acid groups (broad SMARTS) is 1. The summed E-state index contributed by atoms with van der Waals surface area (Å²) in [6.45, 7) is 23.5. The maximum Gasteiger partial charge on any atom is 0.307 e. The van der Waals surface area contributed by atoms with Gasteiger partial charge in [0.1, 0.15) is 0 Å². The Balaban J connectivity index is 3.10. The molecule has 0 aromatic carbocycles. The van der Waals surface area contributed by atoms with Gasteiger partial charge in [-0.3, -0.25) is 4.79 Å². The van der Waals surface area contributed by atoms with Crippen molar-refractivity contribution in [3.8, 4) is 0 Å². The lowest BCUT2D eigenvalue weighted by atomic mass is 9.88. The largest absolute Gasteiger partial charge is 0.481 e. The van der Waals surface area contributed by atoms with Crippen molar-refractivity contribution in [3.05, 3.63) is 29.5 Å². The molecule has 4 atom stereocenters. The van der Waals surface area contributed by atoms with E-state index in [1.807, 2.05) is 6.08 Å². The Bertz CT molecular complexity index is 823. The van der Waals surface area contributed by atoms with Crippen molar-refractivity contribution in [3.63, 3.8) is 0 Å². The van der Waals surface area contributed by atoms with Crippen molar-refractivity contribution in [1.29, 1.82) is 0 Å². The number of rotatable bonds is 20. The summed E-state index contributed by atoms with van der Waals surface area (Å²) in [5.74, 6) is 0.183. The van der Waals surface area contributed by atoms with Crippen LogP contribution in [0.1, 0.15) is 120 Å².